The van der Waals surface area contributed by atoms with Crippen molar-refractivity contribution in [1.29, 1.82) is 0 Å². The van der Waals surface area contributed by atoms with Crippen LogP contribution in [-0.2, 0) is 14.8 Å². The minimum atomic E-state index is -3.83. The van der Waals surface area contributed by atoms with E-state index >= 15 is 0 Å². The fourth-order valence-electron chi connectivity index (χ4n) is 3.47. The van der Waals surface area contributed by atoms with Gasteiger partial charge in [0, 0.05) is 22.8 Å². The first kappa shape index (κ1) is 19.4. The number of aliphatic carboxylic acids is 1. The van der Waals surface area contributed by atoms with E-state index < -0.39 is 21.5 Å². The molecular weight excluding hydrogens is 388 g/mol. The minimum absolute atomic E-state index is 0.0313. The van der Waals surface area contributed by atoms with Gasteiger partial charge in [0.25, 0.3) is 0 Å². The van der Waals surface area contributed by atoms with Gasteiger partial charge in [0.05, 0.1) is 4.90 Å². The maximum atomic E-state index is 12.1. The van der Waals surface area contributed by atoms with Gasteiger partial charge in [0.15, 0.2) is 0 Å². The van der Waals surface area contributed by atoms with E-state index in [-0.39, 0.29) is 4.90 Å². The third kappa shape index (κ3) is 3.45. The number of carbonyl (C=O) groups is 1. The molecule has 1 heterocycles. The molecule has 0 bridgehead atoms. The van der Waals surface area contributed by atoms with E-state index in [9.17, 15) is 18.3 Å². The lowest BCUT2D eigenvalue weighted by Crippen LogP contribution is -2.48. The predicted molar refractivity (Wildman–Crippen MR) is 105 cm³/mol. The van der Waals surface area contributed by atoms with Crippen molar-refractivity contribution in [3.63, 3.8) is 0 Å². The van der Waals surface area contributed by atoms with Crippen molar-refractivity contribution in [3.8, 4) is 0 Å². The molecule has 1 atom stereocenters. The second kappa shape index (κ2) is 6.67. The highest BCUT2D eigenvalue weighted by Crippen LogP contribution is 2.45. The third-order valence-electron chi connectivity index (χ3n) is 4.73. The van der Waals surface area contributed by atoms with E-state index in [0.717, 1.165) is 16.8 Å². The Morgan fingerprint density at radius 2 is 1.70 bits per heavy atom. The molecule has 0 spiro atoms. The van der Waals surface area contributed by atoms with Crippen LogP contribution in [0.3, 0.4) is 0 Å². The number of nitrogens with zero attached hydrogens (tertiary/aromatic N) is 1. The van der Waals surface area contributed by atoms with Gasteiger partial charge in [-0.3, -0.25) is 0 Å². The van der Waals surface area contributed by atoms with Crippen molar-refractivity contribution in [2.75, 3.05) is 4.90 Å². The minimum Gasteiger partial charge on any atom is -0.479 e. The summed E-state index contributed by atoms with van der Waals surface area (Å²) < 4.78 is 23.0. The smallest absolute Gasteiger partial charge is 0.329 e. The summed E-state index contributed by atoms with van der Waals surface area (Å²) in [7, 11) is -3.83. The van der Waals surface area contributed by atoms with E-state index in [1.165, 1.54) is 12.1 Å². The molecule has 0 saturated carbocycles. The molecule has 2 aromatic carbocycles. The number of nitrogens with two attached hydrogens (primary N) is 1. The van der Waals surface area contributed by atoms with Crippen LogP contribution in [0.5, 0.6) is 0 Å². The number of hydrogen-bond acceptors (Lipinski definition) is 4. The molecule has 0 aromatic heterocycles. The lowest BCUT2D eigenvalue weighted by molar-refractivity contribution is -0.142. The number of benzene rings is 2. The molecular formula is C19H19ClN2O4S. The molecule has 142 valence electrons. The fourth-order valence-corrected chi connectivity index (χ4v) is 4.11. The molecule has 1 aliphatic rings. The second-order valence-electron chi connectivity index (χ2n) is 6.77. The summed E-state index contributed by atoms with van der Waals surface area (Å²) in [6.45, 7) is 3.54. The SMILES string of the molecule is CC1=C(c2ccc(Cl)cc2)N(c2ccc(S(N)(=O)=O)cc2)C(C)(C(=O)O)C1. The molecule has 3 rings (SSSR count). The fraction of sp³-hybridized carbons (Fsp3) is 0.211. The molecule has 0 amide bonds. The zero-order valence-corrected chi connectivity index (χ0v) is 16.4. The first-order valence-corrected chi connectivity index (χ1v) is 10.1. The summed E-state index contributed by atoms with van der Waals surface area (Å²) in [5, 5.41) is 15.7. The summed E-state index contributed by atoms with van der Waals surface area (Å²) in [6, 6.07) is 13.0. The van der Waals surface area contributed by atoms with Crippen molar-refractivity contribution in [3.05, 3.63) is 64.7 Å². The van der Waals surface area contributed by atoms with Crippen LogP contribution >= 0.6 is 11.6 Å². The van der Waals surface area contributed by atoms with E-state index in [2.05, 4.69) is 0 Å². The Bertz CT molecular complexity index is 1030. The molecule has 27 heavy (non-hydrogen) atoms. The number of hydrogen-bond donors (Lipinski definition) is 2. The number of anilines is 1. The normalized spacial score (nSPS) is 20.2. The molecule has 0 fully saturated rings. The topological polar surface area (TPSA) is 101 Å². The molecule has 0 saturated heterocycles. The molecule has 0 radical (unpaired) electrons. The van der Waals surface area contributed by atoms with Gasteiger partial charge in [-0.15, -0.1) is 0 Å². The highest BCUT2D eigenvalue weighted by molar-refractivity contribution is 7.89. The highest BCUT2D eigenvalue weighted by Gasteiger charge is 2.47. The summed E-state index contributed by atoms with van der Waals surface area (Å²) >= 11 is 5.98. The van der Waals surface area contributed by atoms with Crippen LogP contribution in [0.15, 0.2) is 59.0 Å². The summed E-state index contributed by atoms with van der Waals surface area (Å²) in [5.74, 6) is -0.971. The first-order valence-electron chi connectivity index (χ1n) is 8.16. The van der Waals surface area contributed by atoms with Crippen LogP contribution in [-0.4, -0.2) is 25.0 Å². The van der Waals surface area contributed by atoms with Gasteiger partial charge in [0.2, 0.25) is 10.0 Å². The van der Waals surface area contributed by atoms with Crippen LogP contribution in [0.4, 0.5) is 5.69 Å². The van der Waals surface area contributed by atoms with Crippen LogP contribution in [0.1, 0.15) is 25.8 Å². The van der Waals surface area contributed by atoms with Crippen LogP contribution in [0.2, 0.25) is 5.02 Å². The number of halogens is 1. The monoisotopic (exact) mass is 406 g/mol. The van der Waals surface area contributed by atoms with Crippen molar-refractivity contribution in [2.45, 2.75) is 30.7 Å². The van der Waals surface area contributed by atoms with Gasteiger partial charge >= 0.3 is 5.97 Å². The van der Waals surface area contributed by atoms with Gasteiger partial charge in [-0.25, -0.2) is 18.4 Å². The molecule has 3 N–H and O–H groups in total. The highest BCUT2D eigenvalue weighted by atomic mass is 35.5. The van der Waals surface area contributed by atoms with Crippen molar-refractivity contribution < 1.29 is 18.3 Å². The Balaban J connectivity index is 2.16. The maximum Gasteiger partial charge on any atom is 0.329 e. The quantitative estimate of drug-likeness (QED) is 0.809. The average Bonchev–Trinajstić information content (AvgIpc) is 2.87. The Labute approximate surface area is 162 Å². The largest absolute Gasteiger partial charge is 0.479 e. The lowest BCUT2D eigenvalue weighted by Gasteiger charge is -2.36. The molecule has 0 aliphatic carbocycles. The van der Waals surface area contributed by atoms with Gasteiger partial charge in [0.1, 0.15) is 5.54 Å². The third-order valence-corrected chi connectivity index (χ3v) is 5.91. The zero-order valence-electron chi connectivity index (χ0n) is 14.8. The Kier molecular flexibility index (Phi) is 4.80. The Hall–Kier alpha value is -2.35. The predicted octanol–water partition coefficient (Wildman–Crippen LogP) is 3.47. The van der Waals surface area contributed by atoms with Gasteiger partial charge in [-0.2, -0.15) is 0 Å². The Morgan fingerprint density at radius 3 is 2.19 bits per heavy atom. The van der Waals surface area contributed by atoms with Crippen molar-refractivity contribution >= 4 is 39.0 Å². The maximum absolute atomic E-state index is 12.1. The summed E-state index contributed by atoms with van der Waals surface area (Å²) in [5.41, 5.74) is 1.87. The van der Waals surface area contributed by atoms with E-state index in [4.69, 9.17) is 16.7 Å². The van der Waals surface area contributed by atoms with Crippen LogP contribution in [0.25, 0.3) is 5.70 Å². The standard InChI is InChI=1S/C19H19ClN2O4S/c1-12-11-19(2,18(23)24)22(17(12)13-3-5-14(20)6-4-13)15-7-9-16(10-8-15)27(21,25)26/h3-10H,11H2,1-2H3,(H,23,24)(H2,21,25,26). The van der Waals surface area contributed by atoms with E-state index in [0.29, 0.717) is 17.1 Å². The van der Waals surface area contributed by atoms with E-state index in [1.54, 1.807) is 36.1 Å². The Morgan fingerprint density at radius 1 is 1.15 bits per heavy atom. The van der Waals surface area contributed by atoms with Crippen LogP contribution < -0.4 is 10.0 Å². The first-order chi connectivity index (χ1) is 12.5. The summed E-state index contributed by atoms with van der Waals surface area (Å²) in [4.78, 5) is 13.8. The number of carboxylic acids is 1. The lowest BCUT2D eigenvalue weighted by atomic mass is 9.96. The number of sulfonamides is 1. The number of primary sulfonamides is 1. The molecule has 8 heteroatoms. The van der Waals surface area contributed by atoms with Gasteiger partial charge in [-0.05, 0) is 61.4 Å². The van der Waals surface area contributed by atoms with E-state index in [1.807, 2.05) is 19.1 Å². The van der Waals surface area contributed by atoms with Crippen molar-refractivity contribution in [2.24, 2.45) is 5.14 Å². The van der Waals surface area contributed by atoms with Crippen LogP contribution in [0, 0.1) is 0 Å². The van der Waals surface area contributed by atoms with Crippen molar-refractivity contribution in [1.82, 2.24) is 0 Å². The van der Waals surface area contributed by atoms with Gasteiger partial charge in [-0.1, -0.05) is 23.7 Å². The number of carboxylic acid groups (broad SMARTS) is 1. The molecule has 6 nitrogen and oxygen atoms in total. The molecule has 1 aliphatic heterocycles. The molecule has 1 unspecified atom stereocenters. The zero-order chi connectivity index (χ0) is 20.0. The summed E-state index contributed by atoms with van der Waals surface area (Å²) in [6.07, 6.45) is 0.331. The van der Waals surface area contributed by atoms with Gasteiger partial charge < -0.3 is 10.0 Å². The second-order valence-corrected chi connectivity index (χ2v) is 8.76. The number of rotatable bonds is 4. The average molecular weight is 407 g/mol. The molecule has 2 aromatic rings.